The van der Waals surface area contributed by atoms with Crippen LogP contribution in [0.3, 0.4) is 0 Å². The number of aromatic nitrogens is 2. The number of nitrogens with zero attached hydrogens (tertiary/aromatic N) is 2. The fourth-order valence-electron chi connectivity index (χ4n) is 2.02. The van der Waals surface area contributed by atoms with Crippen LogP contribution in [-0.4, -0.2) is 27.0 Å². The molecule has 0 aromatic carbocycles. The van der Waals surface area contributed by atoms with Gasteiger partial charge in [0.25, 0.3) is 0 Å². The van der Waals surface area contributed by atoms with Crippen LogP contribution in [0.15, 0.2) is 6.33 Å². The monoisotopic (exact) mass is 255 g/mol. The van der Waals surface area contributed by atoms with Gasteiger partial charge in [0.05, 0.1) is 5.69 Å². The Morgan fingerprint density at radius 3 is 3.00 bits per heavy atom. The minimum atomic E-state index is -0.304. The molecule has 2 heterocycles. The number of halogens is 1. The highest BCUT2D eigenvalue weighted by molar-refractivity contribution is 8.00. The lowest BCUT2D eigenvalue weighted by Crippen LogP contribution is -2.28. The smallest absolute Gasteiger partial charge is 0.186 e. The Bertz CT molecular complexity index is 391. The first-order valence-corrected chi connectivity index (χ1v) is 7.00. The highest BCUT2D eigenvalue weighted by Crippen LogP contribution is 2.37. The van der Waals surface area contributed by atoms with Crippen molar-refractivity contribution < 1.29 is 4.39 Å². The van der Waals surface area contributed by atoms with Crippen LogP contribution in [0.2, 0.25) is 0 Å². The van der Waals surface area contributed by atoms with Gasteiger partial charge in [-0.05, 0) is 31.9 Å². The maximum atomic E-state index is 13.9. The lowest BCUT2D eigenvalue weighted by atomic mass is 10.1. The zero-order chi connectivity index (χ0) is 12.3. The molecule has 5 heteroatoms. The van der Waals surface area contributed by atoms with Gasteiger partial charge in [-0.15, -0.1) is 0 Å². The average Bonchev–Trinajstić information content (AvgIpc) is 2.75. The lowest BCUT2D eigenvalue weighted by molar-refractivity contribution is 0.588. The highest BCUT2D eigenvalue weighted by atomic mass is 32.2. The summed E-state index contributed by atoms with van der Waals surface area (Å²) >= 11 is 1.95. The van der Waals surface area contributed by atoms with E-state index < -0.39 is 0 Å². The fourth-order valence-corrected chi connectivity index (χ4v) is 3.27. The van der Waals surface area contributed by atoms with Gasteiger partial charge < -0.3 is 5.32 Å². The Morgan fingerprint density at radius 1 is 1.53 bits per heavy atom. The molecule has 1 aliphatic rings. The third-order valence-corrected chi connectivity index (χ3v) is 4.67. The van der Waals surface area contributed by atoms with Crippen LogP contribution >= 0.6 is 11.8 Å². The average molecular weight is 255 g/mol. The van der Waals surface area contributed by atoms with Gasteiger partial charge in [-0.3, -0.25) is 0 Å². The van der Waals surface area contributed by atoms with Gasteiger partial charge in [0.1, 0.15) is 6.33 Å². The molecule has 1 saturated heterocycles. The minimum Gasteiger partial charge on any atom is -0.366 e. The van der Waals surface area contributed by atoms with Gasteiger partial charge in [-0.25, -0.2) is 14.4 Å². The van der Waals surface area contributed by atoms with Crippen molar-refractivity contribution in [1.29, 1.82) is 0 Å². The van der Waals surface area contributed by atoms with Gasteiger partial charge in [0, 0.05) is 11.3 Å². The Labute approximate surface area is 106 Å². The van der Waals surface area contributed by atoms with Gasteiger partial charge in [-0.2, -0.15) is 11.8 Å². The van der Waals surface area contributed by atoms with Crippen molar-refractivity contribution in [2.45, 2.75) is 37.9 Å². The summed E-state index contributed by atoms with van der Waals surface area (Å²) in [6.45, 7) is 4.87. The van der Waals surface area contributed by atoms with E-state index >= 15 is 0 Å². The number of hydrogen-bond donors (Lipinski definition) is 1. The van der Waals surface area contributed by atoms with E-state index in [0.717, 1.165) is 6.54 Å². The van der Waals surface area contributed by atoms with E-state index in [2.05, 4.69) is 22.2 Å². The van der Waals surface area contributed by atoms with Crippen LogP contribution in [0.1, 0.15) is 32.4 Å². The molecule has 1 aromatic rings. The second kappa shape index (κ2) is 5.21. The molecule has 1 unspecified atom stereocenters. The number of nitrogens with one attached hydrogen (secondary N) is 1. The Hall–Kier alpha value is -0.840. The molecule has 1 aromatic heterocycles. The summed E-state index contributed by atoms with van der Waals surface area (Å²) < 4.78 is 14.1. The van der Waals surface area contributed by atoms with Gasteiger partial charge in [0.15, 0.2) is 11.6 Å². The second-order valence-electron chi connectivity index (χ2n) is 4.59. The number of thioether (sulfide) groups is 1. The molecule has 94 valence electrons. The molecular formula is C12H18FN3S. The third-order valence-electron chi connectivity index (χ3n) is 3.13. The number of rotatable bonds is 4. The quantitative estimate of drug-likeness (QED) is 0.897. The first-order valence-electron chi connectivity index (χ1n) is 6.02. The van der Waals surface area contributed by atoms with Crippen molar-refractivity contribution in [3.63, 3.8) is 0 Å². The van der Waals surface area contributed by atoms with Gasteiger partial charge in [0.2, 0.25) is 0 Å². The summed E-state index contributed by atoms with van der Waals surface area (Å²) in [6.07, 6.45) is 4.44. The normalized spacial score (nSPS) is 23.9. The zero-order valence-corrected chi connectivity index (χ0v) is 11.1. The largest absolute Gasteiger partial charge is 0.366 e. The highest BCUT2D eigenvalue weighted by Gasteiger charge is 2.29. The molecule has 2 rings (SSSR count). The zero-order valence-electron chi connectivity index (χ0n) is 10.3. The third kappa shape index (κ3) is 2.89. The van der Waals surface area contributed by atoms with E-state index in [4.69, 9.17) is 0 Å². The fraction of sp³-hybridized carbons (Fsp3) is 0.667. The Kier molecular flexibility index (Phi) is 3.86. The standard InChI is InChI=1S/C12H18FN3S/c1-3-9-10(13)11(16-8-15-9)14-7-12(2)5-4-6-17-12/h8H,3-7H2,1-2H3,(H,14,15,16). The van der Waals surface area contributed by atoms with Crippen LogP contribution in [0.4, 0.5) is 10.2 Å². The van der Waals surface area contributed by atoms with Crippen LogP contribution in [0.25, 0.3) is 0 Å². The van der Waals surface area contributed by atoms with Crippen LogP contribution in [0, 0.1) is 5.82 Å². The van der Waals surface area contributed by atoms with Crippen LogP contribution in [-0.2, 0) is 6.42 Å². The molecule has 17 heavy (non-hydrogen) atoms. The van der Waals surface area contributed by atoms with E-state index in [1.807, 2.05) is 18.7 Å². The molecule has 1 aliphatic heterocycles. The molecule has 1 fully saturated rings. The summed E-state index contributed by atoms with van der Waals surface area (Å²) in [7, 11) is 0. The summed E-state index contributed by atoms with van der Waals surface area (Å²) in [5.74, 6) is 1.23. The first-order chi connectivity index (χ1) is 8.14. The number of hydrogen-bond acceptors (Lipinski definition) is 4. The van der Waals surface area contributed by atoms with Gasteiger partial charge in [-0.1, -0.05) is 6.92 Å². The maximum absolute atomic E-state index is 13.9. The van der Waals surface area contributed by atoms with Crippen LogP contribution in [0.5, 0.6) is 0 Å². The SMILES string of the molecule is CCc1ncnc(NCC2(C)CCCS2)c1F. The van der Waals surface area contributed by atoms with E-state index in [9.17, 15) is 4.39 Å². The summed E-state index contributed by atoms with van der Waals surface area (Å²) in [5.41, 5.74) is 0.478. The van der Waals surface area contributed by atoms with E-state index in [-0.39, 0.29) is 10.6 Å². The molecular weight excluding hydrogens is 237 g/mol. The molecule has 1 atom stereocenters. The lowest BCUT2D eigenvalue weighted by Gasteiger charge is -2.23. The summed E-state index contributed by atoms with van der Waals surface area (Å²) in [4.78, 5) is 7.90. The Balaban J connectivity index is 2.03. The molecule has 0 aliphatic carbocycles. The summed E-state index contributed by atoms with van der Waals surface area (Å²) in [6, 6.07) is 0. The van der Waals surface area contributed by atoms with Crippen molar-refractivity contribution in [3.8, 4) is 0 Å². The topological polar surface area (TPSA) is 37.8 Å². The predicted molar refractivity (Wildman–Crippen MR) is 70.0 cm³/mol. The minimum absolute atomic E-state index is 0.212. The van der Waals surface area contributed by atoms with Crippen LogP contribution < -0.4 is 5.32 Å². The number of anilines is 1. The van der Waals surface area contributed by atoms with Crippen molar-refractivity contribution >= 4 is 17.6 Å². The van der Waals surface area contributed by atoms with Crippen molar-refractivity contribution in [3.05, 3.63) is 17.8 Å². The van der Waals surface area contributed by atoms with E-state index in [1.54, 1.807) is 0 Å². The molecule has 0 bridgehead atoms. The predicted octanol–water partition coefficient (Wildman–Crippen LogP) is 2.88. The van der Waals surface area contributed by atoms with Crippen molar-refractivity contribution in [2.24, 2.45) is 0 Å². The van der Waals surface area contributed by atoms with E-state index in [1.165, 1.54) is 24.9 Å². The molecule has 0 amide bonds. The molecule has 0 saturated carbocycles. The first kappa shape index (κ1) is 12.6. The van der Waals surface area contributed by atoms with E-state index in [0.29, 0.717) is 17.9 Å². The summed E-state index contributed by atoms with van der Waals surface area (Å²) in [5, 5.41) is 3.12. The maximum Gasteiger partial charge on any atom is 0.186 e. The van der Waals surface area contributed by atoms with Gasteiger partial charge >= 0.3 is 0 Å². The van der Waals surface area contributed by atoms with Crippen molar-refractivity contribution in [2.75, 3.05) is 17.6 Å². The molecule has 3 nitrogen and oxygen atoms in total. The Morgan fingerprint density at radius 2 is 2.35 bits per heavy atom. The molecule has 0 radical (unpaired) electrons. The number of aryl methyl sites for hydroxylation is 1. The molecule has 0 spiro atoms. The van der Waals surface area contributed by atoms with Crippen molar-refractivity contribution in [1.82, 2.24) is 9.97 Å². The second-order valence-corrected chi connectivity index (χ2v) is 6.27. The molecule has 1 N–H and O–H groups in total.